The minimum absolute atomic E-state index is 0.0773. The maximum absolute atomic E-state index is 15.0. The summed E-state index contributed by atoms with van der Waals surface area (Å²) < 4.78 is 60.5. The number of methoxy groups -OCH3 is 1. The normalized spacial score (nSPS) is 39.3. The summed E-state index contributed by atoms with van der Waals surface area (Å²) in [7, 11) is 6.86. The van der Waals surface area contributed by atoms with E-state index in [-0.39, 0.29) is 51.4 Å². The van der Waals surface area contributed by atoms with E-state index >= 15 is 4.39 Å². The number of carbonyl (C=O) groups is 2. The average molecular weight is 1100 g/mol. The van der Waals surface area contributed by atoms with Gasteiger partial charge in [0.15, 0.2) is 12.6 Å². The van der Waals surface area contributed by atoms with Crippen LogP contribution in [0.25, 0.3) is 0 Å². The van der Waals surface area contributed by atoms with Crippen LogP contribution >= 0.6 is 0 Å². The molecule has 0 radical (unpaired) electrons. The molecule has 1 aromatic carbocycles. The van der Waals surface area contributed by atoms with Crippen molar-refractivity contribution >= 4 is 23.4 Å². The lowest BCUT2D eigenvalue weighted by Gasteiger charge is -2.49. The van der Waals surface area contributed by atoms with Crippen molar-refractivity contribution in [1.82, 2.24) is 24.8 Å². The molecule has 0 unspecified atom stereocenters. The molecular formula is C54H90FN7O15. The second-order valence-electron chi connectivity index (χ2n) is 23.3. The van der Waals surface area contributed by atoms with Crippen LogP contribution < -0.4 is 9.80 Å². The van der Waals surface area contributed by atoms with Gasteiger partial charge in [0, 0.05) is 70.8 Å². The zero-order valence-corrected chi connectivity index (χ0v) is 47.7. The largest absolute Gasteiger partial charge is 0.459 e. The van der Waals surface area contributed by atoms with Crippen molar-refractivity contribution in [2.45, 2.75) is 204 Å². The van der Waals surface area contributed by atoms with E-state index in [0.717, 1.165) is 0 Å². The number of ether oxygens (including phenoxy) is 7. The molecule has 0 spiro atoms. The summed E-state index contributed by atoms with van der Waals surface area (Å²) in [6.45, 7) is 18.7. The number of likely N-dealkylation sites (N-methyl/N-ethyl adjacent to an activating group) is 3. The molecule has 1 amide bonds. The topological polar surface area (TPSA) is 264 Å². The Balaban J connectivity index is 1.21. The van der Waals surface area contributed by atoms with E-state index in [1.165, 1.54) is 25.0 Å². The zero-order chi connectivity index (χ0) is 57.1. The molecule has 5 heterocycles. The van der Waals surface area contributed by atoms with Gasteiger partial charge in [-0.2, -0.15) is 0 Å². The van der Waals surface area contributed by atoms with Crippen LogP contribution in [0.4, 0.5) is 20.6 Å². The summed E-state index contributed by atoms with van der Waals surface area (Å²) in [6.07, 6.45) is -8.54. The molecule has 19 atom stereocenters. The first-order chi connectivity index (χ1) is 36.0. The molecule has 0 saturated carbocycles. The summed E-state index contributed by atoms with van der Waals surface area (Å²) in [6, 6.07) is 3.37. The van der Waals surface area contributed by atoms with Gasteiger partial charge in [-0.1, -0.05) is 26.0 Å². The number of carbonyl (C=O) groups excluding carboxylic acids is 2. The predicted octanol–water partition coefficient (Wildman–Crippen LogP) is 2.70. The lowest BCUT2D eigenvalue weighted by Crippen LogP contribution is -2.61. The number of nitrogens with zero attached hydrogens (tertiary/aromatic N) is 7. The van der Waals surface area contributed by atoms with Gasteiger partial charge in [-0.15, -0.1) is 5.10 Å². The highest BCUT2D eigenvalue weighted by atomic mass is 19.1. The summed E-state index contributed by atoms with van der Waals surface area (Å²) in [5, 5.41) is 77.7. The van der Waals surface area contributed by atoms with Crippen LogP contribution in [0.3, 0.4) is 0 Å². The first-order valence-electron chi connectivity index (χ1n) is 27.3. The van der Waals surface area contributed by atoms with Gasteiger partial charge in [0.2, 0.25) is 0 Å². The fourth-order valence-electron chi connectivity index (χ4n) is 11.9. The van der Waals surface area contributed by atoms with Gasteiger partial charge in [0.1, 0.15) is 41.9 Å². The van der Waals surface area contributed by atoms with Gasteiger partial charge >= 0.3 is 12.1 Å². The maximum Gasteiger partial charge on any atom is 0.414 e. The van der Waals surface area contributed by atoms with Crippen molar-refractivity contribution in [3.8, 4) is 0 Å². The van der Waals surface area contributed by atoms with Gasteiger partial charge in [0.05, 0.1) is 78.3 Å². The predicted molar refractivity (Wildman–Crippen MR) is 281 cm³/mol. The Labute approximate surface area is 453 Å². The molecule has 1 aromatic heterocycles. The molecule has 23 heteroatoms. The van der Waals surface area contributed by atoms with E-state index in [1.54, 1.807) is 83.4 Å². The molecule has 4 aliphatic heterocycles. The monoisotopic (exact) mass is 1100 g/mol. The van der Waals surface area contributed by atoms with Gasteiger partial charge in [0.25, 0.3) is 0 Å². The molecule has 6 N–H and O–H groups in total. The van der Waals surface area contributed by atoms with E-state index in [9.17, 15) is 40.2 Å². The van der Waals surface area contributed by atoms with Crippen LogP contribution in [-0.4, -0.2) is 225 Å². The third-order valence-corrected chi connectivity index (χ3v) is 16.8. The molecule has 6 rings (SSSR count). The van der Waals surface area contributed by atoms with Gasteiger partial charge < -0.3 is 78.5 Å². The highest BCUT2D eigenvalue weighted by Crippen LogP contribution is 2.41. The van der Waals surface area contributed by atoms with Gasteiger partial charge in [-0.3, -0.25) is 9.69 Å². The second-order valence-corrected chi connectivity index (χ2v) is 23.3. The second kappa shape index (κ2) is 25.8. The quantitative estimate of drug-likeness (QED) is 0.132. The lowest BCUT2D eigenvalue weighted by molar-refractivity contribution is -0.318. The number of aliphatic hydroxyl groups is 6. The molecule has 0 aliphatic carbocycles. The van der Waals surface area contributed by atoms with Gasteiger partial charge in [-0.25, -0.2) is 13.9 Å². The Morgan fingerprint density at radius 1 is 0.935 bits per heavy atom. The van der Waals surface area contributed by atoms with Crippen LogP contribution in [0.2, 0.25) is 0 Å². The smallest absolute Gasteiger partial charge is 0.414 e. The highest BCUT2D eigenvalue weighted by Gasteiger charge is 2.53. The van der Waals surface area contributed by atoms with Crippen LogP contribution in [-0.2, 0) is 50.9 Å². The van der Waals surface area contributed by atoms with Crippen molar-refractivity contribution in [2.24, 2.45) is 17.8 Å². The molecule has 4 fully saturated rings. The lowest BCUT2D eigenvalue weighted by atomic mass is 9.77. The fourth-order valence-corrected chi connectivity index (χ4v) is 11.9. The van der Waals surface area contributed by atoms with Crippen molar-refractivity contribution in [2.75, 3.05) is 70.8 Å². The van der Waals surface area contributed by atoms with Gasteiger partial charge in [-0.05, 0) is 106 Å². The number of aliphatic hydroxyl groups excluding tert-OH is 4. The number of hydrogen-bond donors (Lipinski definition) is 6. The van der Waals surface area contributed by atoms with Crippen LogP contribution in [0.5, 0.6) is 0 Å². The Morgan fingerprint density at radius 3 is 2.29 bits per heavy atom. The van der Waals surface area contributed by atoms with Crippen molar-refractivity contribution in [3.63, 3.8) is 0 Å². The van der Waals surface area contributed by atoms with Crippen LogP contribution in [0.15, 0.2) is 24.4 Å². The minimum atomic E-state index is -1.86. The minimum Gasteiger partial charge on any atom is -0.459 e. The first-order valence-corrected chi connectivity index (χ1v) is 27.3. The Morgan fingerprint density at radius 2 is 1.64 bits per heavy atom. The number of cyclic esters (lactones) is 2. The summed E-state index contributed by atoms with van der Waals surface area (Å²) >= 11 is 0. The summed E-state index contributed by atoms with van der Waals surface area (Å²) in [5.74, 6) is -3.44. The summed E-state index contributed by atoms with van der Waals surface area (Å²) in [5.41, 5.74) is -3.33. The molecule has 4 saturated heterocycles. The number of rotatable bonds is 16. The molecule has 0 bridgehead atoms. The number of aromatic nitrogens is 3. The SMILES string of the molecule is CC[C@H]1OC(=O)[C@H](C)[C@@H](O[C@H]2C[C@@](C)(OC)[C@@H](O)[C@H](C)O2)[C@H](C)[C@@H](O[C@@H]2O[C@H](C)C[C@H](N(C)CCc3cn(C[C@H]4CN(c5ccc(N(C)CCO)c(F)c5)C(=O)O4)nn3)[C@H]2O)[C@](C)(O)C[C@@H](C)CN(C)[C@H](C)[C@@H](O)[C@]1(C)O. The molecule has 22 nitrogen and oxygen atoms in total. The molecule has 438 valence electrons. The van der Waals surface area contributed by atoms with E-state index in [1.807, 2.05) is 37.7 Å². The van der Waals surface area contributed by atoms with Crippen LogP contribution in [0.1, 0.15) is 101 Å². The van der Waals surface area contributed by atoms with E-state index < -0.39 is 126 Å². The Kier molecular flexibility index (Phi) is 21.0. The number of benzene rings is 1. The number of esters is 1. The molecule has 4 aliphatic rings. The first kappa shape index (κ1) is 62.5. The Hall–Kier alpha value is -3.69. The maximum atomic E-state index is 15.0. The molecule has 77 heavy (non-hydrogen) atoms. The van der Waals surface area contributed by atoms with Crippen molar-refractivity contribution in [3.05, 3.63) is 35.9 Å². The van der Waals surface area contributed by atoms with E-state index in [0.29, 0.717) is 43.0 Å². The fraction of sp³-hybridized carbons (Fsp3) is 0.815. The van der Waals surface area contributed by atoms with Crippen molar-refractivity contribution in [1.29, 1.82) is 0 Å². The molecular weight excluding hydrogens is 1010 g/mol. The standard InChI is InChI=1S/C54H90FN7O15/c1-15-42-54(10,70)46(65)34(6)60(13)26-30(2)24-52(8,69)48(32(4)45(33(5)49(67)75-42)76-43-25-53(9,71-14)47(66)35(7)73-43)77-50-44(64)41(22-31(3)72-50)58(11)19-18-36-27-61(57-56-36)28-38-29-62(51(68)74-38)37-16-17-40(39(55)23-37)59(12)20-21-63/h16-17,23,27,30-35,38,41-48,50,63-66,69-70H,15,18-22,24-26,28-29H2,1-14H3/t30-,31-,32+,33-,34-,35+,38+,41+,42-,43+,44-,45+,46-,47+,48-,50+,52-,53-,54-/m1/s1. The molecule has 2 aromatic rings. The average Bonchev–Trinajstić information content (AvgIpc) is 3.98. The zero-order valence-electron chi connectivity index (χ0n) is 47.7. The Bertz CT molecular complexity index is 2250. The number of halogens is 1. The van der Waals surface area contributed by atoms with E-state index in [2.05, 4.69) is 10.3 Å². The number of amides is 1. The third kappa shape index (κ3) is 14.4. The highest BCUT2D eigenvalue weighted by molar-refractivity contribution is 5.90. The third-order valence-electron chi connectivity index (χ3n) is 16.8. The summed E-state index contributed by atoms with van der Waals surface area (Å²) in [4.78, 5) is 34.3. The van der Waals surface area contributed by atoms with Crippen LogP contribution in [0, 0.1) is 23.6 Å². The number of anilines is 2. The van der Waals surface area contributed by atoms with E-state index in [4.69, 9.17) is 33.2 Å². The number of hydrogen-bond acceptors (Lipinski definition) is 20. The van der Waals surface area contributed by atoms with Crippen molar-refractivity contribution < 1.29 is 77.8 Å².